The van der Waals surface area contributed by atoms with Crippen LogP contribution in [0.4, 0.5) is 0 Å². The zero-order chi connectivity index (χ0) is 21.8. The fourth-order valence-corrected chi connectivity index (χ4v) is 3.65. The molecule has 0 bridgehead atoms. The average Bonchev–Trinajstić information content (AvgIpc) is 2.98. The Kier molecular flexibility index (Phi) is 6.83. The summed E-state index contributed by atoms with van der Waals surface area (Å²) in [5, 5.41) is 4.39. The Morgan fingerprint density at radius 2 is 1.83 bits per heavy atom. The van der Waals surface area contributed by atoms with E-state index in [-0.39, 0.29) is 18.2 Å². The van der Waals surface area contributed by atoms with Crippen molar-refractivity contribution in [2.24, 2.45) is 5.92 Å². The Morgan fingerprint density at radius 3 is 2.47 bits per heavy atom. The maximum atomic E-state index is 13.3. The molecule has 3 rings (SSSR count). The third-order valence-corrected chi connectivity index (χ3v) is 5.47. The van der Waals surface area contributed by atoms with Gasteiger partial charge in [-0.2, -0.15) is 0 Å². The number of benzene rings is 2. The van der Waals surface area contributed by atoms with Crippen LogP contribution >= 0.6 is 11.6 Å². The van der Waals surface area contributed by atoms with Gasteiger partial charge in [0.15, 0.2) is 0 Å². The third kappa shape index (κ3) is 4.68. The molecule has 0 saturated carbocycles. The van der Waals surface area contributed by atoms with Gasteiger partial charge in [-0.05, 0) is 67.3 Å². The van der Waals surface area contributed by atoms with Crippen molar-refractivity contribution < 1.29 is 14.3 Å². The topological polar surface area (TPSA) is 60.3 Å². The van der Waals surface area contributed by atoms with Crippen LogP contribution in [0.2, 0.25) is 5.02 Å². The number of aromatic nitrogens is 1. The summed E-state index contributed by atoms with van der Waals surface area (Å²) < 4.78 is 7.03. The molecule has 0 fully saturated rings. The van der Waals surface area contributed by atoms with E-state index in [9.17, 15) is 9.59 Å². The summed E-state index contributed by atoms with van der Waals surface area (Å²) in [7, 11) is 1.60. The van der Waals surface area contributed by atoms with Crippen LogP contribution < -0.4 is 10.1 Å². The fourth-order valence-electron chi connectivity index (χ4n) is 3.52. The van der Waals surface area contributed by atoms with Crippen molar-refractivity contribution in [2.45, 2.75) is 33.6 Å². The molecule has 1 N–H and O–H groups in total. The number of carbonyl (C=O) groups excluding carboxylic acids is 2. The summed E-state index contributed by atoms with van der Waals surface area (Å²) in [5.74, 6) is 0.987. The zero-order valence-electron chi connectivity index (χ0n) is 17.8. The molecule has 0 aliphatic rings. The van der Waals surface area contributed by atoms with Crippen molar-refractivity contribution in [3.63, 3.8) is 0 Å². The van der Waals surface area contributed by atoms with E-state index in [1.54, 1.807) is 35.9 Å². The number of carbonyl (C=O) groups is 2. The molecule has 1 amide bonds. The molecule has 6 heteroatoms. The van der Waals surface area contributed by atoms with Crippen molar-refractivity contribution in [2.75, 3.05) is 13.7 Å². The highest BCUT2D eigenvalue weighted by atomic mass is 35.5. The number of ether oxygens (including phenoxy) is 1. The van der Waals surface area contributed by atoms with Crippen LogP contribution in [0, 0.1) is 12.8 Å². The predicted octanol–water partition coefficient (Wildman–Crippen LogP) is 5.01. The van der Waals surface area contributed by atoms with Crippen molar-refractivity contribution in [3.05, 3.63) is 64.3 Å². The van der Waals surface area contributed by atoms with Crippen LogP contribution in [0.25, 0.3) is 10.9 Å². The van der Waals surface area contributed by atoms with Crippen molar-refractivity contribution in [1.82, 2.24) is 9.88 Å². The number of halogens is 1. The maximum absolute atomic E-state index is 13.3. The van der Waals surface area contributed by atoms with E-state index >= 15 is 0 Å². The highest BCUT2D eigenvalue weighted by molar-refractivity contribution is 6.30. The lowest BCUT2D eigenvalue weighted by molar-refractivity contribution is -0.120. The van der Waals surface area contributed by atoms with E-state index < -0.39 is 0 Å². The molecule has 30 heavy (non-hydrogen) atoms. The van der Waals surface area contributed by atoms with Gasteiger partial charge in [-0.1, -0.05) is 25.4 Å². The number of hydrogen-bond donors (Lipinski definition) is 1. The highest BCUT2D eigenvalue weighted by Gasteiger charge is 2.22. The second kappa shape index (κ2) is 9.35. The quantitative estimate of drug-likeness (QED) is 0.578. The molecule has 0 radical (unpaired) electrons. The SMILES string of the molecule is COc1ccc2c(c1)c(CC(=O)NCCC(C)C)c(C)n2C(=O)c1ccc(Cl)cc1. The molecule has 0 unspecified atom stereocenters. The van der Waals surface area contributed by atoms with Gasteiger partial charge in [0, 0.05) is 28.2 Å². The van der Waals surface area contributed by atoms with Crippen LogP contribution in [-0.2, 0) is 11.2 Å². The number of fused-ring (bicyclic) bond motifs is 1. The van der Waals surface area contributed by atoms with E-state index in [2.05, 4.69) is 19.2 Å². The van der Waals surface area contributed by atoms with Gasteiger partial charge < -0.3 is 10.1 Å². The van der Waals surface area contributed by atoms with Gasteiger partial charge >= 0.3 is 0 Å². The second-order valence-electron chi connectivity index (χ2n) is 7.80. The van der Waals surface area contributed by atoms with Crippen molar-refractivity contribution >= 4 is 34.3 Å². The summed E-state index contributed by atoms with van der Waals surface area (Å²) in [6.07, 6.45) is 1.13. The molecule has 2 aromatic carbocycles. The molecule has 3 aromatic rings. The molecule has 158 valence electrons. The fraction of sp³-hybridized carbons (Fsp3) is 0.333. The lowest BCUT2D eigenvalue weighted by atomic mass is 10.1. The first-order valence-electron chi connectivity index (χ1n) is 10.1. The van der Waals surface area contributed by atoms with Crippen LogP contribution in [0.5, 0.6) is 5.75 Å². The van der Waals surface area contributed by atoms with Gasteiger partial charge in [0.2, 0.25) is 5.91 Å². The summed E-state index contributed by atoms with van der Waals surface area (Å²) >= 11 is 5.97. The molecule has 0 aliphatic carbocycles. The minimum Gasteiger partial charge on any atom is -0.497 e. The van der Waals surface area contributed by atoms with Gasteiger partial charge in [0.25, 0.3) is 5.91 Å². The molecule has 0 aliphatic heterocycles. The van der Waals surface area contributed by atoms with Gasteiger partial charge in [-0.25, -0.2) is 0 Å². The van der Waals surface area contributed by atoms with Crippen LogP contribution in [0.3, 0.4) is 0 Å². The highest BCUT2D eigenvalue weighted by Crippen LogP contribution is 2.30. The number of nitrogens with zero attached hydrogens (tertiary/aromatic N) is 1. The normalized spacial score (nSPS) is 11.1. The summed E-state index contributed by atoms with van der Waals surface area (Å²) in [4.78, 5) is 25.9. The minimum atomic E-state index is -0.161. The Bertz CT molecular complexity index is 1070. The van der Waals surface area contributed by atoms with Gasteiger partial charge in [-0.15, -0.1) is 0 Å². The summed E-state index contributed by atoms with van der Waals surface area (Å²) in [5.41, 5.74) is 2.85. The Morgan fingerprint density at radius 1 is 1.13 bits per heavy atom. The largest absolute Gasteiger partial charge is 0.497 e. The van der Waals surface area contributed by atoms with Crippen LogP contribution in [0.1, 0.15) is 41.9 Å². The van der Waals surface area contributed by atoms with Gasteiger partial charge in [0.05, 0.1) is 19.0 Å². The summed E-state index contributed by atoms with van der Waals surface area (Å²) in [6, 6.07) is 12.4. The zero-order valence-corrected chi connectivity index (χ0v) is 18.5. The van der Waals surface area contributed by atoms with Crippen LogP contribution in [0.15, 0.2) is 42.5 Å². The smallest absolute Gasteiger partial charge is 0.262 e. The summed E-state index contributed by atoms with van der Waals surface area (Å²) in [6.45, 7) is 6.76. The molecule has 0 saturated heterocycles. The van der Waals surface area contributed by atoms with E-state index in [4.69, 9.17) is 16.3 Å². The minimum absolute atomic E-state index is 0.0560. The second-order valence-corrected chi connectivity index (χ2v) is 8.24. The van der Waals surface area contributed by atoms with E-state index in [0.717, 1.165) is 28.6 Å². The average molecular weight is 427 g/mol. The lowest BCUT2D eigenvalue weighted by Gasteiger charge is -2.09. The molecule has 1 aromatic heterocycles. The molecular weight excluding hydrogens is 400 g/mol. The molecular formula is C24H27ClN2O3. The van der Waals surface area contributed by atoms with Gasteiger partial charge in [-0.3, -0.25) is 14.2 Å². The monoisotopic (exact) mass is 426 g/mol. The maximum Gasteiger partial charge on any atom is 0.262 e. The van der Waals surface area contributed by atoms with Crippen LogP contribution in [-0.4, -0.2) is 30.0 Å². The van der Waals surface area contributed by atoms with Gasteiger partial charge in [0.1, 0.15) is 5.75 Å². The number of nitrogens with one attached hydrogen (secondary N) is 1. The van der Waals surface area contributed by atoms with Crippen molar-refractivity contribution in [1.29, 1.82) is 0 Å². The molecule has 1 heterocycles. The molecule has 5 nitrogen and oxygen atoms in total. The van der Waals surface area contributed by atoms with E-state index in [0.29, 0.717) is 28.8 Å². The number of methoxy groups -OCH3 is 1. The Hall–Kier alpha value is -2.79. The first-order chi connectivity index (χ1) is 14.3. The Labute approximate surface area is 182 Å². The first kappa shape index (κ1) is 21.9. The predicted molar refractivity (Wildman–Crippen MR) is 121 cm³/mol. The number of amides is 1. The lowest BCUT2D eigenvalue weighted by Crippen LogP contribution is -2.27. The number of hydrogen-bond acceptors (Lipinski definition) is 3. The standard InChI is InChI=1S/C24H27ClN2O3/c1-15(2)11-12-26-23(28)14-20-16(3)27(22-10-9-19(30-4)13-21(20)22)24(29)17-5-7-18(25)8-6-17/h5-10,13,15H,11-12,14H2,1-4H3,(H,26,28). The first-order valence-corrected chi connectivity index (χ1v) is 10.4. The number of rotatable bonds is 7. The molecule has 0 spiro atoms. The van der Waals surface area contributed by atoms with Crippen molar-refractivity contribution in [3.8, 4) is 5.75 Å². The third-order valence-electron chi connectivity index (χ3n) is 5.22. The molecule has 0 atom stereocenters. The van der Waals surface area contributed by atoms with E-state index in [1.807, 2.05) is 25.1 Å². The van der Waals surface area contributed by atoms with E-state index in [1.165, 1.54) is 0 Å². The Balaban J connectivity index is 2.01.